The molecular formula is C39H44F2N2O13. The highest BCUT2D eigenvalue weighted by Gasteiger charge is 2.53. The van der Waals surface area contributed by atoms with Gasteiger partial charge in [0.1, 0.15) is 18.3 Å². The molecule has 17 heteroatoms. The molecule has 6 atom stereocenters. The minimum atomic E-state index is -3.05. The number of pyridine rings is 2. The number of alkyl halides is 2. The Morgan fingerprint density at radius 1 is 0.804 bits per heavy atom. The van der Waals surface area contributed by atoms with Crippen LogP contribution in [-0.2, 0) is 54.9 Å². The van der Waals surface area contributed by atoms with Crippen molar-refractivity contribution in [2.45, 2.75) is 116 Å². The van der Waals surface area contributed by atoms with Crippen LogP contribution in [0.1, 0.15) is 82.7 Å². The zero-order chi connectivity index (χ0) is 40.7. The van der Waals surface area contributed by atoms with E-state index in [1.165, 1.54) is 18.3 Å². The van der Waals surface area contributed by atoms with E-state index >= 15 is 0 Å². The fourth-order valence-corrected chi connectivity index (χ4v) is 6.03. The molecule has 3 aromatic rings. The molecule has 0 unspecified atom stereocenters. The van der Waals surface area contributed by atoms with E-state index in [0.29, 0.717) is 23.2 Å². The topological polar surface area (TPSA) is 188 Å². The van der Waals surface area contributed by atoms with Crippen molar-refractivity contribution in [3.8, 4) is 17.4 Å². The van der Waals surface area contributed by atoms with E-state index in [0.717, 1.165) is 46.1 Å². The molecule has 3 heterocycles. The van der Waals surface area contributed by atoms with Crippen molar-refractivity contribution in [2.24, 2.45) is 0 Å². The molecule has 15 nitrogen and oxygen atoms in total. The van der Waals surface area contributed by atoms with Crippen LogP contribution in [-0.4, -0.2) is 89.0 Å². The molecule has 5 rings (SSSR count). The third kappa shape index (κ3) is 11.6. The zero-order valence-corrected chi connectivity index (χ0v) is 31.6. The van der Waals surface area contributed by atoms with Gasteiger partial charge in [0.25, 0.3) is 0 Å². The summed E-state index contributed by atoms with van der Waals surface area (Å²) in [5.74, 6) is -3.33. The third-order valence-electron chi connectivity index (χ3n) is 8.64. The van der Waals surface area contributed by atoms with Gasteiger partial charge in [-0.1, -0.05) is 18.2 Å². The highest BCUT2D eigenvalue weighted by molar-refractivity contribution is 5.68. The molecule has 56 heavy (non-hydrogen) atoms. The van der Waals surface area contributed by atoms with Gasteiger partial charge in [-0.05, 0) is 68.0 Å². The zero-order valence-electron chi connectivity index (χ0n) is 31.6. The SMILES string of the molecule is CC(=O)OC[C@H]1O[C@@H](Oc2ccc(C[C@H](c3ccc(C(C)(C)O)nc3)c3ccc(OC(F)F)c(OC4CC4)c3)cn2)[C@H](OC(C)=O)[C@@H](OC(C)=O)[C@@H]1OC(C)=O. The monoisotopic (exact) mass is 786 g/mol. The molecule has 1 aliphatic carbocycles. The number of halogens is 2. The van der Waals surface area contributed by atoms with Crippen LogP contribution < -0.4 is 14.2 Å². The lowest BCUT2D eigenvalue weighted by Crippen LogP contribution is -2.63. The van der Waals surface area contributed by atoms with Crippen molar-refractivity contribution in [3.63, 3.8) is 0 Å². The standard InChI is InChI=1S/C39H44F2N2O13/c1-20(44)49-19-31-34(50-21(2)45)35(51-22(3)46)36(52-23(4)47)37(54-31)56-33-14-7-24(17-43-33)15-28(26-9-13-32(42-18-26)39(5,6)48)25-8-12-29(55-38(40)41)30(16-25)53-27-10-11-27/h7-9,12-14,16-18,27-28,31,34-38,48H,10-11,15,19H2,1-6H3/t28-,31+,34+,35-,36+,37-/m0/s1. The number of aliphatic hydroxyl groups is 1. The summed E-state index contributed by atoms with van der Waals surface area (Å²) >= 11 is 0. The lowest BCUT2D eigenvalue weighted by Gasteiger charge is -2.43. The number of hydrogen-bond donors (Lipinski definition) is 1. The van der Waals surface area contributed by atoms with Gasteiger partial charge >= 0.3 is 30.5 Å². The molecule has 2 fully saturated rings. The number of hydrogen-bond acceptors (Lipinski definition) is 15. The Morgan fingerprint density at radius 2 is 1.46 bits per heavy atom. The molecule has 0 spiro atoms. The van der Waals surface area contributed by atoms with Crippen LogP contribution in [0.4, 0.5) is 8.78 Å². The predicted octanol–water partition coefficient (Wildman–Crippen LogP) is 4.68. The Labute approximate surface area is 321 Å². The van der Waals surface area contributed by atoms with Gasteiger partial charge in [-0.3, -0.25) is 24.2 Å². The first-order valence-corrected chi connectivity index (χ1v) is 17.8. The molecule has 0 amide bonds. The fourth-order valence-electron chi connectivity index (χ4n) is 6.03. The van der Waals surface area contributed by atoms with Crippen molar-refractivity contribution in [1.82, 2.24) is 9.97 Å². The van der Waals surface area contributed by atoms with Gasteiger partial charge < -0.3 is 43.0 Å². The molecule has 1 aliphatic heterocycles. The molecule has 1 aromatic carbocycles. The van der Waals surface area contributed by atoms with Gasteiger partial charge in [0.2, 0.25) is 18.3 Å². The minimum absolute atomic E-state index is 0.00369. The number of rotatable bonds is 16. The second-order valence-corrected chi connectivity index (χ2v) is 13.9. The average Bonchev–Trinajstić information content (AvgIpc) is 3.93. The van der Waals surface area contributed by atoms with Gasteiger partial charge in [-0.15, -0.1) is 0 Å². The number of carbonyl (C=O) groups is 4. The van der Waals surface area contributed by atoms with Gasteiger partial charge in [-0.2, -0.15) is 8.78 Å². The van der Waals surface area contributed by atoms with Crippen LogP contribution in [0.5, 0.6) is 17.4 Å². The Balaban J connectivity index is 1.45. The summed E-state index contributed by atoms with van der Waals surface area (Å²) < 4.78 is 70.7. The first kappa shape index (κ1) is 41.7. The van der Waals surface area contributed by atoms with Crippen molar-refractivity contribution in [1.29, 1.82) is 0 Å². The van der Waals surface area contributed by atoms with Gasteiger partial charge in [-0.25, -0.2) is 4.98 Å². The number of ether oxygens (including phenoxy) is 8. The quantitative estimate of drug-likeness (QED) is 0.156. The predicted molar refractivity (Wildman–Crippen MR) is 189 cm³/mol. The molecule has 1 N–H and O–H groups in total. The fraction of sp³-hybridized carbons (Fsp3) is 0.487. The molecule has 0 radical (unpaired) electrons. The van der Waals surface area contributed by atoms with Crippen molar-refractivity contribution in [2.75, 3.05) is 6.61 Å². The summed E-state index contributed by atoms with van der Waals surface area (Å²) in [5.41, 5.74) is 1.41. The van der Waals surface area contributed by atoms with Crippen LogP contribution in [0.3, 0.4) is 0 Å². The third-order valence-corrected chi connectivity index (χ3v) is 8.64. The molecule has 2 aromatic heterocycles. The summed E-state index contributed by atoms with van der Waals surface area (Å²) in [6, 6.07) is 11.5. The molecule has 0 bridgehead atoms. The normalized spacial score (nSPS) is 21.4. The van der Waals surface area contributed by atoms with Crippen molar-refractivity contribution in [3.05, 3.63) is 77.2 Å². The summed E-state index contributed by atoms with van der Waals surface area (Å²) in [4.78, 5) is 57.1. The second kappa shape index (κ2) is 18.0. The maximum atomic E-state index is 13.3. The van der Waals surface area contributed by atoms with Crippen LogP contribution in [0.25, 0.3) is 0 Å². The van der Waals surface area contributed by atoms with Crippen molar-refractivity contribution < 1.29 is 71.0 Å². The lowest BCUT2D eigenvalue weighted by atomic mass is 9.86. The Morgan fingerprint density at radius 3 is 2.02 bits per heavy atom. The summed E-state index contributed by atoms with van der Waals surface area (Å²) in [6.07, 6.45) is -1.96. The largest absolute Gasteiger partial charge is 0.487 e. The molecule has 1 saturated carbocycles. The number of carbonyl (C=O) groups excluding carboxylic acids is 4. The molecule has 302 valence electrons. The van der Waals surface area contributed by atoms with Crippen LogP contribution >= 0.6 is 0 Å². The van der Waals surface area contributed by atoms with E-state index in [2.05, 4.69) is 9.97 Å². The van der Waals surface area contributed by atoms with E-state index in [1.807, 2.05) is 6.07 Å². The highest BCUT2D eigenvalue weighted by Crippen LogP contribution is 2.39. The first-order chi connectivity index (χ1) is 26.5. The van der Waals surface area contributed by atoms with E-state index in [1.54, 1.807) is 44.3 Å². The summed E-state index contributed by atoms with van der Waals surface area (Å²) in [6.45, 7) is 4.27. The molecule has 2 aliphatic rings. The smallest absolute Gasteiger partial charge is 0.387 e. The lowest BCUT2D eigenvalue weighted by molar-refractivity contribution is -0.289. The Bertz CT molecular complexity index is 1850. The maximum absolute atomic E-state index is 13.3. The first-order valence-electron chi connectivity index (χ1n) is 17.8. The van der Waals surface area contributed by atoms with Gasteiger partial charge in [0, 0.05) is 52.1 Å². The van der Waals surface area contributed by atoms with Crippen LogP contribution in [0.2, 0.25) is 0 Å². The molecular weight excluding hydrogens is 742 g/mol. The number of nitrogens with zero attached hydrogens (tertiary/aromatic N) is 2. The average molecular weight is 787 g/mol. The van der Waals surface area contributed by atoms with Gasteiger partial charge in [0.05, 0.1) is 11.8 Å². The highest BCUT2D eigenvalue weighted by atomic mass is 19.3. The number of esters is 4. The Hall–Kier alpha value is -5.42. The minimum Gasteiger partial charge on any atom is -0.487 e. The van der Waals surface area contributed by atoms with Crippen LogP contribution in [0, 0.1) is 0 Å². The Kier molecular flexibility index (Phi) is 13.4. The van der Waals surface area contributed by atoms with E-state index in [4.69, 9.17) is 37.9 Å². The van der Waals surface area contributed by atoms with Gasteiger partial charge in [0.15, 0.2) is 23.7 Å². The van der Waals surface area contributed by atoms with Crippen molar-refractivity contribution >= 4 is 23.9 Å². The summed E-state index contributed by atoms with van der Waals surface area (Å²) in [7, 11) is 0. The van der Waals surface area contributed by atoms with Crippen LogP contribution in [0.15, 0.2) is 54.9 Å². The van der Waals surface area contributed by atoms with E-state index in [9.17, 15) is 33.1 Å². The summed E-state index contributed by atoms with van der Waals surface area (Å²) in [5, 5.41) is 10.5. The maximum Gasteiger partial charge on any atom is 0.387 e. The number of aromatic nitrogens is 2. The van der Waals surface area contributed by atoms with E-state index < -0.39 is 79.3 Å². The molecule has 1 saturated heterocycles. The van der Waals surface area contributed by atoms with E-state index in [-0.39, 0.29) is 23.5 Å². The second-order valence-electron chi connectivity index (χ2n) is 13.9. The number of benzene rings is 1.